The fraction of sp³-hybridized carbons (Fsp3) is 0.118. The summed E-state index contributed by atoms with van der Waals surface area (Å²) in [5.74, 6) is 0.761. The lowest BCUT2D eigenvalue weighted by Gasteiger charge is -1.99. The summed E-state index contributed by atoms with van der Waals surface area (Å²) in [5.41, 5.74) is 2.53. The van der Waals surface area contributed by atoms with E-state index in [1.54, 1.807) is 12.3 Å². The van der Waals surface area contributed by atoms with Crippen LogP contribution in [0.25, 0.3) is 22.5 Å². The van der Waals surface area contributed by atoms with Crippen molar-refractivity contribution < 1.29 is 8.81 Å². The number of hydrogen-bond donors (Lipinski definition) is 1. The highest BCUT2D eigenvalue weighted by Crippen LogP contribution is 2.25. The van der Waals surface area contributed by atoms with Crippen molar-refractivity contribution in [2.75, 3.05) is 0 Å². The second-order valence-corrected chi connectivity index (χ2v) is 5.23. The zero-order valence-corrected chi connectivity index (χ0v) is 12.2. The van der Waals surface area contributed by atoms with E-state index in [2.05, 4.69) is 20.2 Å². The molecule has 0 bridgehead atoms. The molecule has 1 aromatic carbocycles. The van der Waals surface area contributed by atoms with Gasteiger partial charge in [0.05, 0.1) is 5.56 Å². The molecule has 0 aliphatic heterocycles. The Kier molecular flexibility index (Phi) is 3.34. The average molecular weight is 308 g/mol. The number of aromatic amines is 1. The first kappa shape index (κ1) is 13.6. The third kappa shape index (κ3) is 2.70. The summed E-state index contributed by atoms with van der Waals surface area (Å²) in [6.45, 7) is 0. The molecule has 0 unspecified atom stereocenters. The maximum atomic E-state index is 13.2. The molecule has 0 aliphatic rings. The number of benzene rings is 1. The van der Waals surface area contributed by atoms with Crippen molar-refractivity contribution in [3.63, 3.8) is 0 Å². The summed E-state index contributed by atoms with van der Waals surface area (Å²) in [7, 11) is 0. The SMILES string of the molecule is Fc1cccc(CCc2nnc(-c3ccnc4[nH]ccc34)o2)c1. The number of aryl methyl sites for hydroxylation is 2. The zero-order valence-electron chi connectivity index (χ0n) is 12.2. The van der Waals surface area contributed by atoms with Crippen LogP contribution in [0.1, 0.15) is 11.5 Å². The molecule has 23 heavy (non-hydrogen) atoms. The Labute approximate surface area is 131 Å². The van der Waals surface area contributed by atoms with Crippen molar-refractivity contribution in [2.45, 2.75) is 12.8 Å². The van der Waals surface area contributed by atoms with E-state index >= 15 is 0 Å². The summed E-state index contributed by atoms with van der Waals surface area (Å²) in [6.07, 6.45) is 4.74. The lowest BCUT2D eigenvalue weighted by Crippen LogP contribution is -1.92. The molecule has 0 spiro atoms. The van der Waals surface area contributed by atoms with Gasteiger partial charge >= 0.3 is 0 Å². The molecule has 114 valence electrons. The van der Waals surface area contributed by atoms with Gasteiger partial charge in [0.1, 0.15) is 11.5 Å². The number of fused-ring (bicyclic) bond motifs is 1. The fourth-order valence-corrected chi connectivity index (χ4v) is 2.55. The molecule has 0 amide bonds. The van der Waals surface area contributed by atoms with Crippen molar-refractivity contribution in [3.8, 4) is 11.5 Å². The highest BCUT2D eigenvalue weighted by atomic mass is 19.1. The van der Waals surface area contributed by atoms with Gasteiger partial charge in [0.25, 0.3) is 0 Å². The van der Waals surface area contributed by atoms with E-state index in [1.165, 1.54) is 12.1 Å². The average Bonchev–Trinajstić information content (AvgIpc) is 3.22. The molecule has 0 aliphatic carbocycles. The summed E-state index contributed by atoms with van der Waals surface area (Å²) in [4.78, 5) is 7.29. The van der Waals surface area contributed by atoms with Gasteiger partial charge in [0, 0.05) is 24.2 Å². The minimum atomic E-state index is -0.236. The summed E-state index contributed by atoms with van der Waals surface area (Å²) in [6, 6.07) is 10.3. The highest BCUT2D eigenvalue weighted by Gasteiger charge is 2.12. The maximum absolute atomic E-state index is 13.2. The first-order valence-corrected chi connectivity index (χ1v) is 7.29. The summed E-state index contributed by atoms with van der Waals surface area (Å²) in [5, 5.41) is 9.13. The van der Waals surface area contributed by atoms with Crippen LogP contribution in [0.2, 0.25) is 0 Å². The number of nitrogens with zero attached hydrogens (tertiary/aromatic N) is 3. The third-order valence-electron chi connectivity index (χ3n) is 3.67. The second kappa shape index (κ2) is 5.64. The van der Waals surface area contributed by atoms with Gasteiger partial charge < -0.3 is 9.40 Å². The molecule has 3 aromatic heterocycles. The zero-order chi connectivity index (χ0) is 15.6. The Morgan fingerprint density at radius 3 is 2.96 bits per heavy atom. The molecule has 4 rings (SSSR count). The van der Waals surface area contributed by atoms with Gasteiger partial charge in [-0.1, -0.05) is 12.1 Å². The van der Waals surface area contributed by atoms with Crippen molar-refractivity contribution in [2.24, 2.45) is 0 Å². The Bertz CT molecular complexity index is 960. The van der Waals surface area contributed by atoms with Crippen LogP contribution in [0, 0.1) is 5.82 Å². The van der Waals surface area contributed by atoms with Gasteiger partial charge in [-0.2, -0.15) is 0 Å². The van der Waals surface area contributed by atoms with Crippen molar-refractivity contribution in [1.29, 1.82) is 0 Å². The number of hydrogen-bond acceptors (Lipinski definition) is 4. The summed E-state index contributed by atoms with van der Waals surface area (Å²) >= 11 is 0. The Balaban J connectivity index is 1.56. The van der Waals surface area contributed by atoms with Gasteiger partial charge in [-0.3, -0.25) is 0 Å². The van der Waals surface area contributed by atoms with Crippen molar-refractivity contribution in [3.05, 3.63) is 66.1 Å². The molecule has 3 heterocycles. The lowest BCUT2D eigenvalue weighted by atomic mass is 10.1. The van der Waals surface area contributed by atoms with Gasteiger partial charge in [-0.15, -0.1) is 10.2 Å². The van der Waals surface area contributed by atoms with Crippen LogP contribution in [0.15, 0.2) is 53.2 Å². The monoisotopic (exact) mass is 308 g/mol. The first-order chi connectivity index (χ1) is 11.3. The minimum Gasteiger partial charge on any atom is -0.421 e. The van der Waals surface area contributed by atoms with E-state index in [1.807, 2.05) is 24.4 Å². The molecule has 0 saturated heterocycles. The molecule has 0 radical (unpaired) electrons. The molecule has 0 fully saturated rings. The van der Waals surface area contributed by atoms with Gasteiger partial charge in [0.2, 0.25) is 11.8 Å². The van der Waals surface area contributed by atoms with Crippen LogP contribution in [0.3, 0.4) is 0 Å². The van der Waals surface area contributed by atoms with Crippen molar-refractivity contribution >= 4 is 11.0 Å². The number of halogens is 1. The van der Waals surface area contributed by atoms with Gasteiger partial charge in [-0.25, -0.2) is 9.37 Å². The van der Waals surface area contributed by atoms with E-state index < -0.39 is 0 Å². The normalized spacial score (nSPS) is 11.2. The number of H-pyrrole nitrogens is 1. The van der Waals surface area contributed by atoms with Gasteiger partial charge in [-0.05, 0) is 36.2 Å². The van der Waals surface area contributed by atoms with E-state index in [9.17, 15) is 4.39 Å². The third-order valence-corrected chi connectivity index (χ3v) is 3.67. The minimum absolute atomic E-state index is 0.236. The first-order valence-electron chi connectivity index (χ1n) is 7.29. The van der Waals surface area contributed by atoms with Crippen LogP contribution in [-0.2, 0) is 12.8 Å². The summed E-state index contributed by atoms with van der Waals surface area (Å²) < 4.78 is 18.9. The standard InChI is InChI=1S/C17H13FN4O/c18-12-3-1-2-11(10-12)4-5-15-21-22-17(23-15)14-7-9-20-16-13(14)6-8-19-16/h1-3,6-10H,4-5H2,(H,19,20). The molecular weight excluding hydrogens is 295 g/mol. The predicted molar refractivity (Wildman–Crippen MR) is 83.2 cm³/mol. The van der Waals surface area contributed by atoms with Gasteiger partial charge in [0.15, 0.2) is 0 Å². The Morgan fingerprint density at radius 2 is 2.04 bits per heavy atom. The van der Waals surface area contributed by atoms with Crippen LogP contribution in [-0.4, -0.2) is 20.2 Å². The Hall–Kier alpha value is -3.02. The smallest absolute Gasteiger partial charge is 0.248 e. The molecule has 0 atom stereocenters. The van der Waals surface area contributed by atoms with E-state index in [0.717, 1.165) is 22.2 Å². The Morgan fingerprint density at radius 1 is 1.09 bits per heavy atom. The largest absolute Gasteiger partial charge is 0.421 e. The number of rotatable bonds is 4. The van der Waals surface area contributed by atoms with E-state index in [-0.39, 0.29) is 5.82 Å². The number of aromatic nitrogens is 4. The molecule has 6 heteroatoms. The number of pyridine rings is 1. The van der Waals surface area contributed by atoms with Crippen LogP contribution in [0.5, 0.6) is 0 Å². The molecule has 1 N–H and O–H groups in total. The number of nitrogens with one attached hydrogen (secondary N) is 1. The van der Waals surface area contributed by atoms with Crippen molar-refractivity contribution in [1.82, 2.24) is 20.2 Å². The molecular formula is C17H13FN4O. The second-order valence-electron chi connectivity index (χ2n) is 5.23. The fourth-order valence-electron chi connectivity index (χ4n) is 2.55. The van der Waals surface area contributed by atoms with E-state index in [0.29, 0.717) is 24.6 Å². The quantitative estimate of drug-likeness (QED) is 0.626. The predicted octanol–water partition coefficient (Wildman–Crippen LogP) is 3.54. The molecule has 0 saturated carbocycles. The van der Waals surface area contributed by atoms with Crippen LogP contribution in [0.4, 0.5) is 4.39 Å². The topological polar surface area (TPSA) is 67.6 Å². The molecule has 5 nitrogen and oxygen atoms in total. The van der Waals surface area contributed by atoms with Crippen LogP contribution >= 0.6 is 0 Å². The molecule has 4 aromatic rings. The van der Waals surface area contributed by atoms with Crippen LogP contribution < -0.4 is 0 Å². The van der Waals surface area contributed by atoms with E-state index in [4.69, 9.17) is 4.42 Å². The lowest BCUT2D eigenvalue weighted by molar-refractivity contribution is 0.504. The maximum Gasteiger partial charge on any atom is 0.248 e. The highest BCUT2D eigenvalue weighted by molar-refractivity contribution is 5.90.